The second-order valence-electron chi connectivity index (χ2n) is 5.92. The molecule has 27 heavy (non-hydrogen) atoms. The minimum Gasteiger partial charge on any atom is -0.497 e. The molecule has 0 amide bonds. The van der Waals surface area contributed by atoms with Gasteiger partial charge in [0.15, 0.2) is 5.43 Å². The van der Waals surface area contributed by atoms with Gasteiger partial charge in [-0.2, -0.15) is 0 Å². The van der Waals surface area contributed by atoms with Crippen molar-refractivity contribution in [2.24, 2.45) is 0 Å². The molecule has 0 bridgehead atoms. The fraction of sp³-hybridized carbons (Fsp3) is 0.286. The van der Waals surface area contributed by atoms with Crippen LogP contribution in [-0.2, 0) is 4.74 Å². The number of hydrogen-bond donors (Lipinski definition) is 0. The summed E-state index contributed by atoms with van der Waals surface area (Å²) in [6, 6.07) is 12.7. The first-order chi connectivity index (χ1) is 13.1. The summed E-state index contributed by atoms with van der Waals surface area (Å²) in [5.41, 5.74) is 1.85. The number of ether oxygens (including phenoxy) is 3. The van der Waals surface area contributed by atoms with Crippen LogP contribution >= 0.6 is 15.9 Å². The van der Waals surface area contributed by atoms with E-state index in [1.54, 1.807) is 32.2 Å². The predicted octanol–water partition coefficient (Wildman–Crippen LogP) is 4.57. The summed E-state index contributed by atoms with van der Waals surface area (Å²) in [7, 11) is 1.61. The number of alkyl halides is 1. The lowest BCUT2D eigenvalue weighted by atomic mass is 10.1. The Morgan fingerprint density at radius 2 is 1.74 bits per heavy atom. The lowest BCUT2D eigenvalue weighted by Crippen LogP contribution is -2.09. The predicted molar refractivity (Wildman–Crippen MR) is 109 cm³/mol. The molecule has 0 N–H and O–H groups in total. The van der Waals surface area contributed by atoms with E-state index in [0.717, 1.165) is 16.6 Å². The van der Waals surface area contributed by atoms with Crippen LogP contribution < -0.4 is 14.9 Å². The first-order valence-electron chi connectivity index (χ1n) is 8.62. The van der Waals surface area contributed by atoms with Crippen molar-refractivity contribution in [2.45, 2.75) is 6.92 Å². The number of benzene rings is 2. The highest BCUT2D eigenvalue weighted by Crippen LogP contribution is 2.28. The maximum absolute atomic E-state index is 12.8. The van der Waals surface area contributed by atoms with Gasteiger partial charge < -0.3 is 18.6 Å². The van der Waals surface area contributed by atoms with Crippen molar-refractivity contribution in [1.82, 2.24) is 0 Å². The summed E-state index contributed by atoms with van der Waals surface area (Å²) < 4.78 is 22.2. The molecule has 1 heterocycles. The molecule has 2 aromatic carbocycles. The van der Waals surface area contributed by atoms with Gasteiger partial charge in [-0.25, -0.2) is 0 Å². The monoisotopic (exact) mass is 432 g/mol. The molecule has 0 atom stereocenters. The Hall–Kier alpha value is -2.31. The highest BCUT2D eigenvalue weighted by Gasteiger charge is 2.13. The zero-order valence-corrected chi connectivity index (χ0v) is 16.9. The molecule has 1 aromatic heterocycles. The molecule has 0 unspecified atom stereocenters. The van der Waals surface area contributed by atoms with Crippen molar-refractivity contribution < 1.29 is 18.6 Å². The highest BCUT2D eigenvalue weighted by molar-refractivity contribution is 9.09. The van der Waals surface area contributed by atoms with Crippen molar-refractivity contribution in [2.75, 3.05) is 32.3 Å². The van der Waals surface area contributed by atoms with Crippen LogP contribution in [0.1, 0.15) is 5.56 Å². The standard InChI is InChI=1S/C21H21BrO5/c1-14-20(23)18-13-17(26-12-11-25-10-9-22)7-8-19(18)27-21(14)15-3-5-16(24-2)6-4-15/h3-8,13H,9-12H2,1-2H3. The van der Waals surface area contributed by atoms with E-state index >= 15 is 0 Å². The Bertz CT molecular complexity index is 963. The summed E-state index contributed by atoms with van der Waals surface area (Å²) in [6.45, 7) is 3.32. The highest BCUT2D eigenvalue weighted by atomic mass is 79.9. The second-order valence-corrected chi connectivity index (χ2v) is 6.71. The van der Waals surface area contributed by atoms with Gasteiger partial charge in [-0.05, 0) is 49.4 Å². The normalized spacial score (nSPS) is 10.9. The fourth-order valence-corrected chi connectivity index (χ4v) is 2.98. The first kappa shape index (κ1) is 19.5. The van der Waals surface area contributed by atoms with Crippen molar-refractivity contribution in [3.05, 3.63) is 58.3 Å². The number of hydrogen-bond acceptors (Lipinski definition) is 5. The van der Waals surface area contributed by atoms with E-state index in [2.05, 4.69) is 15.9 Å². The van der Waals surface area contributed by atoms with Crippen molar-refractivity contribution in [3.8, 4) is 22.8 Å². The molecule has 142 valence electrons. The molecule has 0 radical (unpaired) electrons. The molecule has 0 saturated carbocycles. The number of methoxy groups -OCH3 is 1. The third-order valence-corrected chi connectivity index (χ3v) is 4.48. The summed E-state index contributed by atoms with van der Waals surface area (Å²) in [5.74, 6) is 1.93. The molecule has 0 aliphatic rings. The molecule has 0 aliphatic carbocycles. The van der Waals surface area contributed by atoms with Crippen molar-refractivity contribution >= 4 is 26.9 Å². The van der Waals surface area contributed by atoms with Gasteiger partial charge in [0.1, 0.15) is 29.4 Å². The van der Waals surface area contributed by atoms with E-state index in [-0.39, 0.29) is 5.43 Å². The smallest absolute Gasteiger partial charge is 0.196 e. The lowest BCUT2D eigenvalue weighted by molar-refractivity contribution is 0.112. The summed E-state index contributed by atoms with van der Waals surface area (Å²) in [5, 5.41) is 1.29. The van der Waals surface area contributed by atoms with Crippen LogP contribution in [0.3, 0.4) is 0 Å². The van der Waals surface area contributed by atoms with Gasteiger partial charge in [0, 0.05) is 16.5 Å². The molecule has 0 aliphatic heterocycles. The molecular formula is C21H21BrO5. The van der Waals surface area contributed by atoms with E-state index in [1.165, 1.54) is 0 Å². The zero-order valence-electron chi connectivity index (χ0n) is 15.3. The topological polar surface area (TPSA) is 57.9 Å². The van der Waals surface area contributed by atoms with Crippen molar-refractivity contribution in [1.29, 1.82) is 0 Å². The molecule has 5 nitrogen and oxygen atoms in total. The maximum Gasteiger partial charge on any atom is 0.196 e. The molecule has 0 saturated heterocycles. The molecule has 3 rings (SSSR count). The van der Waals surface area contributed by atoms with Gasteiger partial charge in [-0.15, -0.1) is 0 Å². The zero-order chi connectivity index (χ0) is 19.2. The van der Waals surface area contributed by atoms with Crippen LogP contribution in [-0.4, -0.2) is 32.3 Å². The second kappa shape index (κ2) is 9.06. The van der Waals surface area contributed by atoms with Crippen LogP contribution in [0.2, 0.25) is 0 Å². The van der Waals surface area contributed by atoms with E-state index in [9.17, 15) is 4.79 Å². The Balaban J connectivity index is 1.88. The molecule has 0 spiro atoms. The number of halogens is 1. The van der Waals surface area contributed by atoms with Gasteiger partial charge in [-0.3, -0.25) is 4.79 Å². The van der Waals surface area contributed by atoms with Crippen LogP contribution in [0, 0.1) is 6.92 Å². The molecular weight excluding hydrogens is 412 g/mol. The van der Waals surface area contributed by atoms with Gasteiger partial charge in [0.05, 0.1) is 25.7 Å². The SMILES string of the molecule is COc1ccc(-c2oc3ccc(OCCOCCBr)cc3c(=O)c2C)cc1. The largest absolute Gasteiger partial charge is 0.497 e. The summed E-state index contributed by atoms with van der Waals surface area (Å²) in [4.78, 5) is 12.8. The maximum atomic E-state index is 12.8. The third kappa shape index (κ3) is 4.51. The fourth-order valence-electron chi connectivity index (χ4n) is 2.75. The molecule has 6 heteroatoms. The average molecular weight is 433 g/mol. The Kier molecular flexibility index (Phi) is 6.53. The van der Waals surface area contributed by atoms with E-state index < -0.39 is 0 Å². The Labute approximate surface area is 166 Å². The summed E-state index contributed by atoms with van der Waals surface area (Å²) >= 11 is 3.30. The average Bonchev–Trinajstić information content (AvgIpc) is 2.71. The van der Waals surface area contributed by atoms with Crippen LogP contribution in [0.25, 0.3) is 22.3 Å². The van der Waals surface area contributed by atoms with Crippen LogP contribution in [0.15, 0.2) is 51.7 Å². The summed E-state index contributed by atoms with van der Waals surface area (Å²) in [6.07, 6.45) is 0. The van der Waals surface area contributed by atoms with Gasteiger partial charge in [0.25, 0.3) is 0 Å². The Morgan fingerprint density at radius 3 is 2.44 bits per heavy atom. The third-order valence-electron chi connectivity index (χ3n) is 4.16. The van der Waals surface area contributed by atoms with Crippen LogP contribution in [0.4, 0.5) is 0 Å². The minimum atomic E-state index is -0.0666. The number of fused-ring (bicyclic) bond motifs is 1. The molecule has 0 fully saturated rings. The van der Waals surface area contributed by atoms with Crippen molar-refractivity contribution in [3.63, 3.8) is 0 Å². The van der Waals surface area contributed by atoms with E-state index in [0.29, 0.717) is 47.9 Å². The quantitative estimate of drug-likeness (QED) is 0.385. The Morgan fingerprint density at radius 1 is 1.00 bits per heavy atom. The number of rotatable bonds is 8. The first-order valence-corrected chi connectivity index (χ1v) is 9.74. The molecule has 3 aromatic rings. The van der Waals surface area contributed by atoms with E-state index in [4.69, 9.17) is 18.6 Å². The van der Waals surface area contributed by atoms with Gasteiger partial charge in [0.2, 0.25) is 0 Å². The van der Waals surface area contributed by atoms with E-state index in [1.807, 2.05) is 24.3 Å². The van der Waals surface area contributed by atoms with Gasteiger partial charge >= 0.3 is 0 Å². The minimum absolute atomic E-state index is 0.0666. The van der Waals surface area contributed by atoms with Gasteiger partial charge in [-0.1, -0.05) is 15.9 Å². The lowest BCUT2D eigenvalue weighted by Gasteiger charge is -2.10. The van der Waals surface area contributed by atoms with Crippen LogP contribution in [0.5, 0.6) is 11.5 Å².